The topological polar surface area (TPSA) is 76.4 Å². The second-order valence-corrected chi connectivity index (χ2v) is 3.70. The van der Waals surface area contributed by atoms with Crippen LogP contribution in [0.15, 0.2) is 10.6 Å². The minimum atomic E-state index is -0.0492. The van der Waals surface area contributed by atoms with E-state index >= 15 is 0 Å². The van der Waals surface area contributed by atoms with Crippen LogP contribution in [0.2, 0.25) is 0 Å². The molecule has 0 saturated heterocycles. The zero-order valence-electron chi connectivity index (χ0n) is 10.3. The van der Waals surface area contributed by atoms with Gasteiger partial charge in [-0.25, -0.2) is 0 Å². The predicted octanol–water partition coefficient (Wildman–Crippen LogP) is -0.122. The molecule has 0 bridgehead atoms. The summed E-state index contributed by atoms with van der Waals surface area (Å²) in [5, 5.41) is 9.69. The molecule has 0 radical (unpaired) electrons. The van der Waals surface area contributed by atoms with Gasteiger partial charge in [-0.2, -0.15) is 0 Å². The van der Waals surface area contributed by atoms with E-state index in [4.69, 9.17) is 9.26 Å². The van der Waals surface area contributed by atoms with E-state index in [9.17, 15) is 4.79 Å². The Labute approximate surface area is 101 Å². The Morgan fingerprint density at radius 1 is 1.47 bits per heavy atom. The zero-order chi connectivity index (χ0) is 12.5. The van der Waals surface area contributed by atoms with Crippen molar-refractivity contribution in [2.45, 2.75) is 13.3 Å². The highest BCUT2D eigenvalue weighted by Gasteiger charge is 2.06. The number of carbonyl (C=O) groups excluding carboxylic acids is 1. The summed E-state index contributed by atoms with van der Waals surface area (Å²) in [4.78, 5) is 11.5. The Balaban J connectivity index is 2.05. The van der Waals surface area contributed by atoms with Crippen LogP contribution in [0.3, 0.4) is 0 Å². The molecule has 0 unspecified atom stereocenters. The standard InChI is InChI=1S/C11H19N3O3/c1-9-7-10(14-17-9)8-11(15)13-4-3-12-5-6-16-2/h7,12H,3-6,8H2,1-2H3,(H,13,15). The quantitative estimate of drug-likeness (QED) is 0.620. The summed E-state index contributed by atoms with van der Waals surface area (Å²) in [6.07, 6.45) is 0.259. The van der Waals surface area contributed by atoms with Crippen LogP contribution in [-0.4, -0.2) is 44.4 Å². The summed E-state index contributed by atoms with van der Waals surface area (Å²) in [6, 6.07) is 1.76. The van der Waals surface area contributed by atoms with Gasteiger partial charge in [0.25, 0.3) is 0 Å². The molecule has 1 heterocycles. The van der Waals surface area contributed by atoms with Crippen molar-refractivity contribution >= 4 is 5.91 Å². The number of rotatable bonds is 8. The summed E-state index contributed by atoms with van der Waals surface area (Å²) >= 11 is 0. The maximum atomic E-state index is 11.5. The predicted molar refractivity (Wildman–Crippen MR) is 62.7 cm³/mol. The van der Waals surface area contributed by atoms with Crippen molar-refractivity contribution in [3.63, 3.8) is 0 Å². The van der Waals surface area contributed by atoms with E-state index in [1.54, 1.807) is 20.1 Å². The minimum Gasteiger partial charge on any atom is -0.383 e. The fourth-order valence-corrected chi connectivity index (χ4v) is 1.32. The smallest absolute Gasteiger partial charge is 0.226 e. The molecule has 0 atom stereocenters. The lowest BCUT2D eigenvalue weighted by atomic mass is 10.3. The van der Waals surface area contributed by atoms with E-state index in [1.807, 2.05) is 0 Å². The van der Waals surface area contributed by atoms with Gasteiger partial charge in [0, 0.05) is 32.8 Å². The van der Waals surface area contributed by atoms with Crippen molar-refractivity contribution in [3.8, 4) is 0 Å². The van der Waals surface area contributed by atoms with Gasteiger partial charge in [-0.05, 0) is 6.92 Å². The monoisotopic (exact) mass is 241 g/mol. The fraction of sp³-hybridized carbons (Fsp3) is 0.636. The van der Waals surface area contributed by atoms with Crippen molar-refractivity contribution in [2.24, 2.45) is 0 Å². The molecule has 0 fully saturated rings. The second kappa shape index (κ2) is 7.81. The summed E-state index contributed by atoms with van der Waals surface area (Å²) < 4.78 is 9.76. The second-order valence-electron chi connectivity index (χ2n) is 3.70. The Morgan fingerprint density at radius 2 is 2.29 bits per heavy atom. The van der Waals surface area contributed by atoms with E-state index in [1.165, 1.54) is 0 Å². The van der Waals surface area contributed by atoms with Gasteiger partial charge in [0.2, 0.25) is 5.91 Å². The van der Waals surface area contributed by atoms with E-state index in [-0.39, 0.29) is 12.3 Å². The lowest BCUT2D eigenvalue weighted by Gasteiger charge is -2.05. The van der Waals surface area contributed by atoms with Gasteiger partial charge in [0.1, 0.15) is 5.76 Å². The van der Waals surface area contributed by atoms with Crippen molar-refractivity contribution in [1.29, 1.82) is 0 Å². The van der Waals surface area contributed by atoms with Crippen molar-refractivity contribution in [2.75, 3.05) is 33.4 Å². The van der Waals surface area contributed by atoms with E-state index in [2.05, 4.69) is 15.8 Å². The van der Waals surface area contributed by atoms with Gasteiger partial charge in [0.15, 0.2) is 0 Å². The van der Waals surface area contributed by atoms with Gasteiger partial charge in [-0.1, -0.05) is 5.16 Å². The zero-order valence-corrected chi connectivity index (χ0v) is 10.3. The lowest BCUT2D eigenvalue weighted by Crippen LogP contribution is -2.33. The molecule has 1 rings (SSSR count). The molecule has 2 N–H and O–H groups in total. The van der Waals surface area contributed by atoms with Crippen molar-refractivity contribution < 1.29 is 14.1 Å². The third-order valence-corrected chi connectivity index (χ3v) is 2.13. The van der Waals surface area contributed by atoms with Gasteiger partial charge >= 0.3 is 0 Å². The number of methoxy groups -OCH3 is 1. The van der Waals surface area contributed by atoms with Gasteiger partial charge in [-0.15, -0.1) is 0 Å². The van der Waals surface area contributed by atoms with Gasteiger partial charge < -0.3 is 19.9 Å². The number of nitrogens with one attached hydrogen (secondary N) is 2. The van der Waals surface area contributed by atoms with Crippen LogP contribution in [0.1, 0.15) is 11.5 Å². The molecule has 1 aromatic rings. The summed E-state index contributed by atoms with van der Waals surface area (Å²) in [5.41, 5.74) is 0.660. The number of hydrogen-bond acceptors (Lipinski definition) is 5. The number of aromatic nitrogens is 1. The molecule has 6 nitrogen and oxygen atoms in total. The molecule has 96 valence electrons. The molecule has 0 spiro atoms. The molecule has 1 aromatic heterocycles. The Morgan fingerprint density at radius 3 is 2.94 bits per heavy atom. The summed E-state index contributed by atoms with van der Waals surface area (Å²) in [7, 11) is 1.66. The van der Waals surface area contributed by atoms with E-state index < -0.39 is 0 Å². The number of amides is 1. The van der Waals surface area contributed by atoms with E-state index in [0.717, 1.165) is 13.1 Å². The molecule has 0 aliphatic rings. The molecule has 0 aliphatic heterocycles. The molecular formula is C11H19N3O3. The number of carbonyl (C=O) groups is 1. The molecule has 1 amide bonds. The molecule has 0 saturated carbocycles. The SMILES string of the molecule is COCCNCCNC(=O)Cc1cc(C)on1. The van der Waals surface area contributed by atoms with Crippen LogP contribution in [0.5, 0.6) is 0 Å². The van der Waals surface area contributed by atoms with Crippen LogP contribution in [-0.2, 0) is 16.0 Å². The minimum absolute atomic E-state index is 0.0492. The maximum Gasteiger partial charge on any atom is 0.226 e. The molecule has 17 heavy (non-hydrogen) atoms. The van der Waals surface area contributed by atoms with Crippen LogP contribution in [0.4, 0.5) is 0 Å². The molecule has 0 aliphatic carbocycles. The fourth-order valence-electron chi connectivity index (χ4n) is 1.32. The third kappa shape index (κ3) is 6.03. The third-order valence-electron chi connectivity index (χ3n) is 2.13. The highest BCUT2D eigenvalue weighted by Crippen LogP contribution is 2.01. The first-order valence-corrected chi connectivity index (χ1v) is 5.61. The number of aryl methyl sites for hydroxylation is 1. The molecule has 6 heteroatoms. The first-order chi connectivity index (χ1) is 8.22. The normalized spacial score (nSPS) is 10.5. The number of hydrogen-bond donors (Lipinski definition) is 2. The summed E-state index contributed by atoms with van der Waals surface area (Å²) in [5.74, 6) is 0.667. The first kappa shape index (κ1) is 13.7. The van der Waals surface area contributed by atoms with Crippen LogP contribution >= 0.6 is 0 Å². The molecule has 0 aromatic carbocycles. The van der Waals surface area contributed by atoms with E-state index in [0.29, 0.717) is 24.6 Å². The van der Waals surface area contributed by atoms with Gasteiger partial charge in [0.05, 0.1) is 18.7 Å². The summed E-state index contributed by atoms with van der Waals surface area (Å²) in [6.45, 7) is 4.58. The number of ether oxygens (including phenoxy) is 1. The first-order valence-electron chi connectivity index (χ1n) is 5.61. The highest BCUT2D eigenvalue weighted by atomic mass is 16.5. The maximum absolute atomic E-state index is 11.5. The highest BCUT2D eigenvalue weighted by molar-refractivity contribution is 5.78. The Kier molecular flexibility index (Phi) is 6.27. The van der Waals surface area contributed by atoms with Gasteiger partial charge in [-0.3, -0.25) is 4.79 Å². The largest absolute Gasteiger partial charge is 0.383 e. The van der Waals surface area contributed by atoms with Crippen molar-refractivity contribution in [3.05, 3.63) is 17.5 Å². The molecular weight excluding hydrogens is 222 g/mol. The van der Waals surface area contributed by atoms with Crippen LogP contribution in [0.25, 0.3) is 0 Å². The average molecular weight is 241 g/mol. The van der Waals surface area contributed by atoms with Crippen LogP contribution < -0.4 is 10.6 Å². The van der Waals surface area contributed by atoms with Crippen molar-refractivity contribution in [1.82, 2.24) is 15.8 Å². The average Bonchev–Trinajstić information content (AvgIpc) is 2.69. The van der Waals surface area contributed by atoms with Crippen LogP contribution in [0, 0.1) is 6.92 Å². The Bertz CT molecular complexity index is 338. The Hall–Kier alpha value is -1.40. The number of nitrogens with zero attached hydrogens (tertiary/aromatic N) is 1. The lowest BCUT2D eigenvalue weighted by molar-refractivity contribution is -0.120.